The third-order valence-corrected chi connectivity index (χ3v) is 6.17. The Balaban J connectivity index is 1.98. The van der Waals surface area contributed by atoms with E-state index in [1.807, 2.05) is 11.3 Å². The first-order valence-corrected chi connectivity index (χ1v) is 8.58. The van der Waals surface area contributed by atoms with E-state index in [-0.39, 0.29) is 0 Å². The van der Waals surface area contributed by atoms with Crippen LogP contribution in [-0.2, 0) is 12.8 Å². The van der Waals surface area contributed by atoms with Crippen LogP contribution in [0.4, 0.5) is 0 Å². The molecule has 0 amide bonds. The zero-order valence-electron chi connectivity index (χ0n) is 11.9. The fourth-order valence-corrected chi connectivity index (χ4v) is 5.22. The number of fused-ring (bicyclic) bond motifs is 7. The van der Waals surface area contributed by atoms with Gasteiger partial charge in [0.15, 0.2) is 0 Å². The largest absolute Gasteiger partial charge is 0.134 e. The molecule has 0 spiro atoms. The Kier molecular flexibility index (Phi) is 2.42. The Labute approximate surface area is 128 Å². The maximum atomic E-state index is 2.37. The molecule has 0 N–H and O–H groups in total. The molecule has 1 heteroatoms. The Morgan fingerprint density at radius 3 is 2.48 bits per heavy atom. The quantitative estimate of drug-likeness (QED) is 0.367. The lowest BCUT2D eigenvalue weighted by atomic mass is 9.90. The smallest absolute Gasteiger partial charge is 0.0433 e. The minimum Gasteiger partial charge on any atom is -0.134 e. The van der Waals surface area contributed by atoms with Crippen molar-refractivity contribution in [1.82, 2.24) is 0 Å². The van der Waals surface area contributed by atoms with E-state index in [0.717, 1.165) is 0 Å². The van der Waals surface area contributed by atoms with Gasteiger partial charge in [0.2, 0.25) is 0 Å². The molecule has 0 aliphatic heterocycles. The van der Waals surface area contributed by atoms with Crippen LogP contribution in [0, 0.1) is 0 Å². The summed E-state index contributed by atoms with van der Waals surface area (Å²) in [5, 5.41) is 5.65. The van der Waals surface area contributed by atoms with Gasteiger partial charge in [0, 0.05) is 20.2 Å². The van der Waals surface area contributed by atoms with Gasteiger partial charge in [-0.1, -0.05) is 48.5 Å². The summed E-state index contributed by atoms with van der Waals surface area (Å²) in [6.07, 6.45) is 5.23. The van der Waals surface area contributed by atoms with Gasteiger partial charge in [-0.2, -0.15) is 0 Å². The highest BCUT2D eigenvalue weighted by Gasteiger charge is 2.16. The molecule has 0 nitrogen and oxygen atoms in total. The summed E-state index contributed by atoms with van der Waals surface area (Å²) < 4.78 is 3.00. The number of aryl methyl sites for hydroxylation is 2. The number of benzene rings is 3. The van der Waals surface area contributed by atoms with Crippen molar-refractivity contribution in [1.29, 1.82) is 0 Å². The second-order valence-electron chi connectivity index (χ2n) is 6.05. The maximum Gasteiger partial charge on any atom is 0.0433 e. The standard InChI is InChI=1S/C20H16S/c1-3-7-15-13(5-1)9-11-17-18-12-10-14-6-2-4-8-16(14)20(18)21-19(15)17/h1,3,5,7,9-12H,2,4,6,8H2. The van der Waals surface area contributed by atoms with Gasteiger partial charge in [0.1, 0.15) is 0 Å². The lowest BCUT2D eigenvalue weighted by molar-refractivity contribution is 0.691. The predicted octanol–water partition coefficient (Wildman–Crippen LogP) is 6.09. The molecule has 0 atom stereocenters. The summed E-state index contributed by atoms with van der Waals surface area (Å²) in [4.78, 5) is 0. The van der Waals surface area contributed by atoms with Gasteiger partial charge in [-0.05, 0) is 47.6 Å². The van der Waals surface area contributed by atoms with E-state index in [0.29, 0.717) is 0 Å². The van der Waals surface area contributed by atoms with Crippen molar-refractivity contribution in [3.63, 3.8) is 0 Å². The van der Waals surface area contributed by atoms with Crippen molar-refractivity contribution in [2.45, 2.75) is 25.7 Å². The molecule has 21 heavy (non-hydrogen) atoms. The number of rotatable bonds is 0. The maximum absolute atomic E-state index is 2.37. The van der Waals surface area contributed by atoms with E-state index in [1.54, 1.807) is 15.8 Å². The van der Waals surface area contributed by atoms with Crippen molar-refractivity contribution >= 4 is 42.3 Å². The second kappa shape index (κ2) is 4.32. The zero-order chi connectivity index (χ0) is 13.8. The van der Waals surface area contributed by atoms with E-state index < -0.39 is 0 Å². The Morgan fingerprint density at radius 1 is 0.667 bits per heavy atom. The van der Waals surface area contributed by atoms with Crippen LogP contribution in [0.5, 0.6) is 0 Å². The predicted molar refractivity (Wildman–Crippen MR) is 93.5 cm³/mol. The molecule has 0 unspecified atom stereocenters. The topological polar surface area (TPSA) is 0 Å². The first kappa shape index (κ1) is 11.8. The van der Waals surface area contributed by atoms with Gasteiger partial charge in [-0.3, -0.25) is 0 Å². The average Bonchev–Trinajstić information content (AvgIpc) is 2.94. The zero-order valence-corrected chi connectivity index (χ0v) is 12.7. The third-order valence-electron chi connectivity index (χ3n) is 4.85. The molecule has 1 aromatic heterocycles. The minimum atomic E-state index is 1.26. The summed E-state index contributed by atoms with van der Waals surface area (Å²) in [5.41, 5.74) is 3.22. The van der Waals surface area contributed by atoms with E-state index in [4.69, 9.17) is 0 Å². The van der Waals surface area contributed by atoms with Crippen molar-refractivity contribution < 1.29 is 0 Å². The monoisotopic (exact) mass is 288 g/mol. The number of thiophene rings is 1. The highest BCUT2D eigenvalue weighted by Crippen LogP contribution is 2.42. The van der Waals surface area contributed by atoms with Crippen molar-refractivity contribution in [3.8, 4) is 0 Å². The van der Waals surface area contributed by atoms with Crippen molar-refractivity contribution in [3.05, 3.63) is 59.7 Å². The molecular weight excluding hydrogens is 272 g/mol. The van der Waals surface area contributed by atoms with Gasteiger partial charge in [0.25, 0.3) is 0 Å². The molecule has 0 fully saturated rings. The van der Waals surface area contributed by atoms with Crippen LogP contribution in [0.3, 0.4) is 0 Å². The van der Waals surface area contributed by atoms with Gasteiger partial charge in [-0.25, -0.2) is 0 Å². The molecule has 0 saturated carbocycles. The van der Waals surface area contributed by atoms with E-state index >= 15 is 0 Å². The summed E-state index contributed by atoms with van der Waals surface area (Å²) in [5.74, 6) is 0. The Bertz CT molecular complexity index is 991. The van der Waals surface area contributed by atoms with Crippen LogP contribution in [0.1, 0.15) is 24.0 Å². The molecule has 0 saturated heterocycles. The van der Waals surface area contributed by atoms with Crippen LogP contribution >= 0.6 is 11.3 Å². The van der Waals surface area contributed by atoms with E-state index in [1.165, 1.54) is 51.9 Å². The second-order valence-corrected chi connectivity index (χ2v) is 7.07. The van der Waals surface area contributed by atoms with Crippen LogP contribution in [0.15, 0.2) is 48.5 Å². The first-order chi connectivity index (χ1) is 10.4. The van der Waals surface area contributed by atoms with Crippen molar-refractivity contribution in [2.75, 3.05) is 0 Å². The van der Waals surface area contributed by atoms with Gasteiger partial charge in [0.05, 0.1) is 0 Å². The highest BCUT2D eigenvalue weighted by molar-refractivity contribution is 7.26. The molecule has 1 heterocycles. The summed E-state index contributed by atoms with van der Waals surface area (Å²) in [7, 11) is 0. The molecule has 1 aliphatic carbocycles. The SMILES string of the molecule is c1ccc2c(c1)ccc1c3ccc4c(c3sc21)CCCC4. The average molecular weight is 288 g/mol. The fourth-order valence-electron chi connectivity index (χ4n) is 3.79. The van der Waals surface area contributed by atoms with E-state index in [9.17, 15) is 0 Å². The molecular formula is C20H16S. The molecule has 0 radical (unpaired) electrons. The molecule has 4 aromatic rings. The van der Waals surface area contributed by atoms with Crippen LogP contribution in [-0.4, -0.2) is 0 Å². The summed E-state index contributed by atoms with van der Waals surface area (Å²) >= 11 is 2.01. The Morgan fingerprint density at radius 2 is 1.48 bits per heavy atom. The van der Waals surface area contributed by atoms with Crippen LogP contribution in [0.2, 0.25) is 0 Å². The fraction of sp³-hybridized carbons (Fsp3) is 0.200. The lowest BCUT2D eigenvalue weighted by Crippen LogP contribution is -2.01. The molecule has 0 bridgehead atoms. The third kappa shape index (κ3) is 1.61. The lowest BCUT2D eigenvalue weighted by Gasteiger charge is -2.15. The van der Waals surface area contributed by atoms with Gasteiger partial charge < -0.3 is 0 Å². The molecule has 5 rings (SSSR count). The Hall–Kier alpha value is -1.86. The summed E-state index contributed by atoms with van der Waals surface area (Å²) in [6.45, 7) is 0. The van der Waals surface area contributed by atoms with Crippen LogP contribution in [0.25, 0.3) is 30.9 Å². The molecule has 3 aromatic carbocycles. The minimum absolute atomic E-state index is 1.26. The van der Waals surface area contributed by atoms with Crippen molar-refractivity contribution in [2.24, 2.45) is 0 Å². The first-order valence-electron chi connectivity index (χ1n) is 7.76. The highest BCUT2D eigenvalue weighted by atomic mass is 32.1. The van der Waals surface area contributed by atoms with E-state index in [2.05, 4.69) is 48.5 Å². The molecule has 102 valence electrons. The van der Waals surface area contributed by atoms with Crippen LogP contribution < -0.4 is 0 Å². The van der Waals surface area contributed by atoms with Gasteiger partial charge in [-0.15, -0.1) is 11.3 Å². The normalized spacial score (nSPS) is 14.9. The summed E-state index contributed by atoms with van der Waals surface area (Å²) in [6, 6.07) is 18.1. The van der Waals surface area contributed by atoms with Gasteiger partial charge >= 0.3 is 0 Å². The number of hydrogen-bond acceptors (Lipinski definition) is 1. The number of hydrogen-bond donors (Lipinski definition) is 0. The molecule has 1 aliphatic rings.